The largest absolute Gasteiger partial charge is 0.501 e. The van der Waals surface area contributed by atoms with Crippen molar-refractivity contribution < 1.29 is 9.53 Å². The van der Waals surface area contributed by atoms with Crippen LogP contribution in [0.1, 0.15) is 13.8 Å². The van der Waals surface area contributed by atoms with Gasteiger partial charge in [-0.25, -0.2) is 0 Å². The minimum Gasteiger partial charge on any atom is -0.501 e. The maximum atomic E-state index is 10.5. The summed E-state index contributed by atoms with van der Waals surface area (Å²) in [5.41, 5.74) is 1.17. The molecule has 0 saturated carbocycles. The zero-order valence-electron chi connectivity index (χ0n) is 6.89. The van der Waals surface area contributed by atoms with E-state index in [-0.39, 0.29) is 5.91 Å². The number of hydrogen-bond acceptors (Lipinski definition) is 2. The van der Waals surface area contributed by atoms with Crippen molar-refractivity contribution in [3.8, 4) is 0 Å². The highest BCUT2D eigenvalue weighted by Crippen LogP contribution is 2.16. The number of carbonyl (C=O) groups is 1. The Bertz CT molecular complexity index is 187. The number of ether oxygens (including phenoxy) is 1. The smallest absolute Gasteiger partial charge is 0.217 e. The lowest BCUT2D eigenvalue weighted by atomic mass is 10.1. The molecule has 0 aromatic carbocycles. The van der Waals surface area contributed by atoms with Crippen molar-refractivity contribution in [2.75, 3.05) is 13.2 Å². The van der Waals surface area contributed by atoms with Crippen molar-refractivity contribution in [1.29, 1.82) is 0 Å². The molecule has 0 spiro atoms. The molecule has 1 rings (SSSR count). The molecular formula is C8H13NO2. The summed E-state index contributed by atoms with van der Waals surface area (Å²) in [6.07, 6.45) is 1.74. The number of nitrogens with one attached hydrogen (secondary N) is 1. The first-order chi connectivity index (χ1) is 5.20. The lowest BCUT2D eigenvalue weighted by Gasteiger charge is -2.05. The van der Waals surface area contributed by atoms with Gasteiger partial charge >= 0.3 is 0 Å². The molecule has 0 saturated heterocycles. The van der Waals surface area contributed by atoms with E-state index in [1.54, 1.807) is 6.26 Å². The van der Waals surface area contributed by atoms with Crippen LogP contribution in [-0.4, -0.2) is 19.1 Å². The average Bonchev–Trinajstić information content (AvgIpc) is 2.31. The lowest BCUT2D eigenvalue weighted by Crippen LogP contribution is -2.23. The fourth-order valence-corrected chi connectivity index (χ4v) is 0.965. The Balaban J connectivity index is 2.31. The Morgan fingerprint density at radius 1 is 1.91 bits per heavy atom. The van der Waals surface area contributed by atoms with Crippen molar-refractivity contribution in [3.05, 3.63) is 11.8 Å². The van der Waals surface area contributed by atoms with Crippen LogP contribution < -0.4 is 5.32 Å². The Morgan fingerprint density at radius 2 is 2.64 bits per heavy atom. The number of rotatable bonds is 2. The van der Waals surface area contributed by atoms with Gasteiger partial charge in [-0.1, -0.05) is 6.92 Å². The second kappa shape index (κ2) is 3.42. The Labute approximate surface area is 66.4 Å². The van der Waals surface area contributed by atoms with Crippen LogP contribution in [0.25, 0.3) is 0 Å². The Morgan fingerprint density at radius 3 is 3.09 bits per heavy atom. The van der Waals surface area contributed by atoms with Gasteiger partial charge in [0.1, 0.15) is 0 Å². The van der Waals surface area contributed by atoms with Crippen LogP contribution in [0.4, 0.5) is 0 Å². The third kappa shape index (κ3) is 2.26. The molecule has 1 unspecified atom stereocenters. The van der Waals surface area contributed by atoms with E-state index in [1.165, 1.54) is 12.5 Å². The number of carbonyl (C=O) groups excluding carboxylic acids is 1. The fraction of sp³-hybridized carbons (Fsp3) is 0.625. The molecule has 1 N–H and O–H groups in total. The number of hydrogen-bond donors (Lipinski definition) is 1. The zero-order valence-corrected chi connectivity index (χ0v) is 6.89. The van der Waals surface area contributed by atoms with Gasteiger partial charge in [0.25, 0.3) is 0 Å². The van der Waals surface area contributed by atoms with E-state index in [9.17, 15) is 4.79 Å². The van der Waals surface area contributed by atoms with E-state index in [2.05, 4.69) is 12.2 Å². The van der Waals surface area contributed by atoms with Crippen LogP contribution in [-0.2, 0) is 9.53 Å². The molecule has 0 aliphatic carbocycles. The van der Waals surface area contributed by atoms with Crippen molar-refractivity contribution in [3.63, 3.8) is 0 Å². The first kappa shape index (κ1) is 8.11. The lowest BCUT2D eigenvalue weighted by molar-refractivity contribution is -0.118. The van der Waals surface area contributed by atoms with Gasteiger partial charge in [-0.2, -0.15) is 0 Å². The SMILES string of the molecule is CC(=O)NCC1=COCC1C. The molecule has 62 valence electrons. The predicted octanol–water partition coefficient (Wildman–Crippen LogP) is 0.673. The summed E-state index contributed by atoms with van der Waals surface area (Å²) in [5.74, 6) is 0.451. The highest BCUT2D eigenvalue weighted by Gasteiger charge is 2.14. The molecule has 0 fully saturated rings. The molecule has 3 heteroatoms. The molecule has 1 atom stereocenters. The van der Waals surface area contributed by atoms with E-state index in [4.69, 9.17) is 4.74 Å². The minimum atomic E-state index is 0.00463. The highest BCUT2D eigenvalue weighted by atomic mass is 16.5. The molecule has 1 aliphatic heterocycles. The first-order valence-corrected chi connectivity index (χ1v) is 3.75. The van der Waals surface area contributed by atoms with Crippen LogP contribution in [0.5, 0.6) is 0 Å². The molecular weight excluding hydrogens is 142 g/mol. The summed E-state index contributed by atoms with van der Waals surface area (Å²) < 4.78 is 5.09. The van der Waals surface area contributed by atoms with E-state index >= 15 is 0 Å². The first-order valence-electron chi connectivity index (χ1n) is 3.75. The van der Waals surface area contributed by atoms with Gasteiger partial charge in [0.05, 0.1) is 12.9 Å². The van der Waals surface area contributed by atoms with Gasteiger partial charge in [-0.05, 0) is 5.57 Å². The third-order valence-electron chi connectivity index (χ3n) is 1.76. The minimum absolute atomic E-state index is 0.00463. The highest BCUT2D eigenvalue weighted by molar-refractivity contribution is 5.73. The second-order valence-electron chi connectivity index (χ2n) is 2.84. The monoisotopic (exact) mass is 155 g/mol. The van der Waals surface area contributed by atoms with Crippen molar-refractivity contribution in [2.45, 2.75) is 13.8 Å². The van der Waals surface area contributed by atoms with Crippen LogP contribution in [0.2, 0.25) is 0 Å². The van der Waals surface area contributed by atoms with E-state index in [0.29, 0.717) is 12.5 Å². The summed E-state index contributed by atoms with van der Waals surface area (Å²) in [6.45, 7) is 4.97. The van der Waals surface area contributed by atoms with Crippen molar-refractivity contribution >= 4 is 5.91 Å². The molecule has 0 aromatic rings. The molecule has 3 nitrogen and oxygen atoms in total. The van der Waals surface area contributed by atoms with Gasteiger partial charge in [-0.15, -0.1) is 0 Å². The van der Waals surface area contributed by atoms with Crippen LogP contribution >= 0.6 is 0 Å². The summed E-state index contributed by atoms with van der Waals surface area (Å²) in [4.78, 5) is 10.5. The normalized spacial score (nSPS) is 22.4. The van der Waals surface area contributed by atoms with E-state index in [1.807, 2.05) is 0 Å². The second-order valence-corrected chi connectivity index (χ2v) is 2.84. The molecule has 0 bridgehead atoms. The Kier molecular flexibility index (Phi) is 2.52. The summed E-state index contributed by atoms with van der Waals surface area (Å²) >= 11 is 0. The van der Waals surface area contributed by atoms with Crippen LogP contribution in [0, 0.1) is 5.92 Å². The molecule has 1 amide bonds. The summed E-state index contributed by atoms with van der Waals surface area (Å²) in [5, 5.41) is 2.73. The maximum Gasteiger partial charge on any atom is 0.217 e. The summed E-state index contributed by atoms with van der Waals surface area (Å²) in [6, 6.07) is 0. The number of amides is 1. The molecule has 0 radical (unpaired) electrons. The molecule has 0 aromatic heterocycles. The zero-order chi connectivity index (χ0) is 8.27. The molecule has 1 heterocycles. The third-order valence-corrected chi connectivity index (χ3v) is 1.76. The molecule has 11 heavy (non-hydrogen) atoms. The predicted molar refractivity (Wildman–Crippen MR) is 41.9 cm³/mol. The maximum absolute atomic E-state index is 10.5. The van der Waals surface area contributed by atoms with Crippen molar-refractivity contribution in [2.24, 2.45) is 5.92 Å². The van der Waals surface area contributed by atoms with Gasteiger partial charge in [0.15, 0.2) is 0 Å². The van der Waals surface area contributed by atoms with E-state index < -0.39 is 0 Å². The quantitative estimate of drug-likeness (QED) is 0.636. The summed E-state index contributed by atoms with van der Waals surface area (Å²) in [7, 11) is 0. The standard InChI is InChI=1S/C8H13NO2/c1-6-4-11-5-8(6)3-9-7(2)10/h5-6H,3-4H2,1-2H3,(H,9,10). The molecule has 1 aliphatic rings. The van der Waals surface area contributed by atoms with Crippen molar-refractivity contribution in [1.82, 2.24) is 5.32 Å². The van der Waals surface area contributed by atoms with Crippen LogP contribution in [0.3, 0.4) is 0 Å². The van der Waals surface area contributed by atoms with Gasteiger partial charge in [-0.3, -0.25) is 4.79 Å². The van der Waals surface area contributed by atoms with Gasteiger partial charge in [0, 0.05) is 19.4 Å². The van der Waals surface area contributed by atoms with E-state index in [0.717, 1.165) is 6.61 Å². The topological polar surface area (TPSA) is 38.3 Å². The Hall–Kier alpha value is -0.990. The van der Waals surface area contributed by atoms with Crippen LogP contribution in [0.15, 0.2) is 11.8 Å². The van der Waals surface area contributed by atoms with Gasteiger partial charge in [0.2, 0.25) is 5.91 Å². The fourth-order valence-electron chi connectivity index (χ4n) is 0.965. The average molecular weight is 155 g/mol. The van der Waals surface area contributed by atoms with Gasteiger partial charge < -0.3 is 10.1 Å².